The molecule has 0 saturated carbocycles. The standard InChI is InChI=1S/C24H34N3O3P/c1-25(2)19-10-13-27(14-11-19)20-7-9-24(26(3)17-20)31-23(12-15-28)18-6-8-21(29-4)22(16-18)30-5/h6-9,12,15-17,19,24,31H,10-11,13-14H2,1-5H3/b23-12-. The van der Waals surface area contributed by atoms with Crippen molar-refractivity contribution >= 4 is 20.2 Å². The number of carbonyl (C=O) groups excluding carboxylic acids is 1. The van der Waals surface area contributed by atoms with E-state index in [1.54, 1.807) is 20.3 Å². The van der Waals surface area contributed by atoms with Crippen molar-refractivity contribution < 1.29 is 14.3 Å². The minimum absolute atomic E-state index is 0.211. The van der Waals surface area contributed by atoms with Crippen LogP contribution in [0.2, 0.25) is 0 Å². The molecule has 2 aliphatic heterocycles. The molecule has 7 heteroatoms. The maximum Gasteiger partial charge on any atom is 0.161 e. The normalized spacial score (nSPS) is 20.5. The number of benzene rings is 1. The third kappa shape index (κ3) is 5.69. The van der Waals surface area contributed by atoms with E-state index in [1.165, 1.54) is 18.5 Å². The Kier molecular flexibility index (Phi) is 8.16. The van der Waals surface area contributed by atoms with Gasteiger partial charge < -0.3 is 24.2 Å². The van der Waals surface area contributed by atoms with Gasteiger partial charge in [0.15, 0.2) is 11.5 Å². The Morgan fingerprint density at radius 2 is 1.87 bits per heavy atom. The van der Waals surface area contributed by atoms with Crippen molar-refractivity contribution in [1.82, 2.24) is 14.7 Å². The fourth-order valence-electron chi connectivity index (χ4n) is 4.09. The number of aldehydes is 1. The molecule has 1 aromatic rings. The summed E-state index contributed by atoms with van der Waals surface area (Å²) in [5, 5.41) is 1.00. The molecule has 3 rings (SSSR count). The Labute approximate surface area is 188 Å². The molecule has 1 fully saturated rings. The molecule has 6 nitrogen and oxygen atoms in total. The Balaban J connectivity index is 1.69. The summed E-state index contributed by atoms with van der Waals surface area (Å²) in [5.41, 5.74) is 2.25. The molecule has 2 aliphatic rings. The molecule has 1 aromatic carbocycles. The minimum atomic E-state index is 0.211. The van der Waals surface area contributed by atoms with Crippen molar-refractivity contribution in [2.24, 2.45) is 0 Å². The van der Waals surface area contributed by atoms with Crippen LogP contribution in [-0.2, 0) is 4.79 Å². The summed E-state index contributed by atoms with van der Waals surface area (Å²) in [6.45, 7) is 2.17. The van der Waals surface area contributed by atoms with Gasteiger partial charge in [-0.15, -0.1) is 0 Å². The molecule has 0 aliphatic carbocycles. The number of hydrogen-bond acceptors (Lipinski definition) is 6. The van der Waals surface area contributed by atoms with Crippen molar-refractivity contribution in [2.45, 2.75) is 24.7 Å². The van der Waals surface area contributed by atoms with Gasteiger partial charge in [-0.3, -0.25) is 4.79 Å². The van der Waals surface area contributed by atoms with Gasteiger partial charge in [-0.05, 0) is 62.1 Å². The molecule has 168 valence electrons. The lowest BCUT2D eigenvalue weighted by Gasteiger charge is -2.39. The van der Waals surface area contributed by atoms with Gasteiger partial charge in [0.1, 0.15) is 6.29 Å². The number of piperidine rings is 1. The van der Waals surface area contributed by atoms with E-state index in [0.29, 0.717) is 26.1 Å². The van der Waals surface area contributed by atoms with E-state index in [-0.39, 0.29) is 5.78 Å². The number of nitrogens with zero attached hydrogens (tertiary/aromatic N) is 3. The van der Waals surface area contributed by atoms with E-state index in [4.69, 9.17) is 9.47 Å². The summed E-state index contributed by atoms with van der Waals surface area (Å²) in [6, 6.07) is 6.47. The van der Waals surface area contributed by atoms with Crippen molar-refractivity contribution in [1.29, 1.82) is 0 Å². The van der Waals surface area contributed by atoms with Gasteiger partial charge in [0.25, 0.3) is 0 Å². The van der Waals surface area contributed by atoms with Crippen LogP contribution >= 0.6 is 8.58 Å². The van der Waals surface area contributed by atoms with E-state index in [2.05, 4.69) is 54.2 Å². The summed E-state index contributed by atoms with van der Waals surface area (Å²) >= 11 is 0. The van der Waals surface area contributed by atoms with Gasteiger partial charge in [0.05, 0.1) is 25.7 Å². The number of likely N-dealkylation sites (tertiary alicyclic amines) is 1. The van der Waals surface area contributed by atoms with Crippen LogP contribution in [0, 0.1) is 0 Å². The molecule has 0 N–H and O–H groups in total. The van der Waals surface area contributed by atoms with Gasteiger partial charge in [0, 0.05) is 32.4 Å². The molecule has 0 bridgehead atoms. The number of hydrogen-bond donors (Lipinski definition) is 0. The van der Waals surface area contributed by atoms with E-state index in [1.807, 2.05) is 18.2 Å². The first-order valence-corrected chi connectivity index (χ1v) is 11.7. The van der Waals surface area contributed by atoms with Crippen LogP contribution in [0.15, 0.2) is 48.3 Å². The first kappa shape index (κ1) is 23.4. The van der Waals surface area contributed by atoms with Gasteiger partial charge in [-0.25, -0.2) is 0 Å². The maximum atomic E-state index is 11.3. The zero-order valence-electron chi connectivity index (χ0n) is 19.2. The predicted molar refractivity (Wildman–Crippen MR) is 129 cm³/mol. The SMILES string of the molecule is COc1ccc(/C(=C/C=O)PC2C=CC(N3CCC(N(C)C)CC3)=CN2C)cc1OC. The van der Waals surface area contributed by atoms with Crippen molar-refractivity contribution in [3.8, 4) is 11.5 Å². The molecule has 0 aromatic heterocycles. The van der Waals surface area contributed by atoms with Crippen molar-refractivity contribution in [3.05, 3.63) is 53.9 Å². The lowest BCUT2D eigenvalue weighted by atomic mass is 10.0. The number of likely N-dealkylation sites (N-methyl/N-ethyl adjacent to an activating group) is 1. The number of allylic oxidation sites excluding steroid dienone is 2. The second-order valence-electron chi connectivity index (χ2n) is 8.14. The van der Waals surface area contributed by atoms with Crippen LogP contribution in [0.3, 0.4) is 0 Å². The highest BCUT2D eigenvalue weighted by Gasteiger charge is 2.24. The Bertz CT molecular complexity index is 858. The highest BCUT2D eigenvalue weighted by atomic mass is 31.1. The molecule has 0 spiro atoms. The molecule has 2 heterocycles. The minimum Gasteiger partial charge on any atom is -0.493 e. The maximum absolute atomic E-state index is 11.3. The topological polar surface area (TPSA) is 45.2 Å². The molecule has 0 amide bonds. The molecule has 0 radical (unpaired) electrons. The van der Waals surface area contributed by atoms with Crippen molar-refractivity contribution in [2.75, 3.05) is 48.5 Å². The quantitative estimate of drug-likeness (QED) is 0.348. The van der Waals surface area contributed by atoms with E-state index < -0.39 is 0 Å². The van der Waals surface area contributed by atoms with Crippen molar-refractivity contribution in [3.63, 3.8) is 0 Å². The Morgan fingerprint density at radius 1 is 1.16 bits per heavy atom. The van der Waals surface area contributed by atoms with Gasteiger partial charge in [-0.2, -0.15) is 0 Å². The van der Waals surface area contributed by atoms with Crippen LogP contribution < -0.4 is 9.47 Å². The van der Waals surface area contributed by atoms with E-state index in [0.717, 1.165) is 30.3 Å². The summed E-state index contributed by atoms with van der Waals surface area (Å²) < 4.78 is 10.8. The second-order valence-corrected chi connectivity index (χ2v) is 9.55. The highest BCUT2D eigenvalue weighted by Crippen LogP contribution is 2.42. The monoisotopic (exact) mass is 443 g/mol. The summed E-state index contributed by atoms with van der Waals surface area (Å²) in [5.74, 6) is 1.56. The molecule has 31 heavy (non-hydrogen) atoms. The Morgan fingerprint density at radius 3 is 2.45 bits per heavy atom. The molecule has 2 unspecified atom stereocenters. The predicted octanol–water partition coefficient (Wildman–Crippen LogP) is 3.62. The molecule has 1 saturated heterocycles. The highest BCUT2D eigenvalue weighted by molar-refractivity contribution is 7.51. The number of carbonyl (C=O) groups is 1. The average molecular weight is 444 g/mol. The number of ether oxygens (including phenoxy) is 2. The van der Waals surface area contributed by atoms with Gasteiger partial charge in [0.2, 0.25) is 0 Å². The molecule has 2 atom stereocenters. The first-order valence-electron chi connectivity index (χ1n) is 10.6. The van der Waals surface area contributed by atoms with Gasteiger partial charge >= 0.3 is 0 Å². The van der Waals surface area contributed by atoms with Gasteiger partial charge in [-0.1, -0.05) is 20.7 Å². The van der Waals surface area contributed by atoms with E-state index in [9.17, 15) is 4.79 Å². The molecular formula is C24H34N3O3P. The Hall–Kier alpha value is -2.30. The third-order valence-corrected chi connectivity index (χ3v) is 7.68. The van der Waals surface area contributed by atoms with Crippen LogP contribution in [0.5, 0.6) is 11.5 Å². The summed E-state index contributed by atoms with van der Waals surface area (Å²) in [7, 11) is 10.1. The number of methoxy groups -OCH3 is 2. The zero-order chi connectivity index (χ0) is 22.4. The van der Waals surface area contributed by atoms with Crippen LogP contribution in [-0.4, -0.2) is 81.3 Å². The summed E-state index contributed by atoms with van der Waals surface area (Å²) in [6.07, 6.45) is 11.6. The largest absolute Gasteiger partial charge is 0.493 e. The molecular weight excluding hydrogens is 409 g/mol. The fourth-order valence-corrected chi connectivity index (χ4v) is 5.37. The zero-order valence-corrected chi connectivity index (χ0v) is 20.2. The third-order valence-electron chi connectivity index (χ3n) is 6.02. The van der Waals surface area contributed by atoms with Crippen LogP contribution in [0.4, 0.5) is 0 Å². The first-order chi connectivity index (χ1) is 15.0. The summed E-state index contributed by atoms with van der Waals surface area (Å²) in [4.78, 5) is 18.4. The fraction of sp³-hybridized carbons (Fsp3) is 0.458. The smallest absolute Gasteiger partial charge is 0.161 e. The van der Waals surface area contributed by atoms with Crippen LogP contribution in [0.25, 0.3) is 5.31 Å². The average Bonchev–Trinajstić information content (AvgIpc) is 2.79. The second kappa shape index (κ2) is 10.8. The number of rotatable bonds is 8. The lowest BCUT2D eigenvalue weighted by molar-refractivity contribution is -0.104. The lowest BCUT2D eigenvalue weighted by Crippen LogP contribution is -2.42. The van der Waals surface area contributed by atoms with Crippen LogP contribution in [0.1, 0.15) is 18.4 Å². The van der Waals surface area contributed by atoms with E-state index >= 15 is 0 Å².